The van der Waals surface area contributed by atoms with E-state index in [-0.39, 0.29) is 5.92 Å². The SMILES string of the molecule is C=C[Si](c1ccccc1)(c1ccc(C2c3ccccc3-c3ccccc32)cc1)c1ccc(-n2c3ccccc3c3ccccc32)cc1. The molecule has 0 bridgehead atoms. The van der Waals surface area contributed by atoms with Crippen LogP contribution in [-0.2, 0) is 0 Å². The highest BCUT2D eigenvalue weighted by Gasteiger charge is 2.37. The molecule has 1 unspecified atom stereocenters. The van der Waals surface area contributed by atoms with Crippen molar-refractivity contribution in [1.29, 1.82) is 0 Å². The van der Waals surface area contributed by atoms with Gasteiger partial charge in [0, 0.05) is 22.4 Å². The maximum absolute atomic E-state index is 4.53. The zero-order valence-corrected chi connectivity index (χ0v) is 27.1. The Labute approximate surface area is 276 Å². The Morgan fingerprint density at radius 1 is 0.447 bits per heavy atom. The molecule has 1 aliphatic carbocycles. The minimum absolute atomic E-state index is 0.235. The molecular formula is C45H33NSi. The third-order valence-electron chi connectivity index (χ3n) is 10.2. The van der Waals surface area contributed by atoms with E-state index in [1.165, 1.54) is 70.9 Å². The van der Waals surface area contributed by atoms with Crippen molar-refractivity contribution in [2.24, 2.45) is 0 Å². The average Bonchev–Trinajstić information content (AvgIpc) is 3.67. The Balaban J connectivity index is 1.17. The molecular weight excluding hydrogens is 583 g/mol. The normalized spacial score (nSPS) is 13.7. The first-order valence-electron chi connectivity index (χ1n) is 16.3. The van der Waals surface area contributed by atoms with Crippen molar-refractivity contribution >= 4 is 45.4 Å². The van der Waals surface area contributed by atoms with Gasteiger partial charge in [0.05, 0.1) is 11.0 Å². The Kier molecular flexibility index (Phi) is 6.44. The van der Waals surface area contributed by atoms with Crippen LogP contribution in [0.3, 0.4) is 0 Å². The Bertz CT molecular complexity index is 2320. The topological polar surface area (TPSA) is 4.93 Å². The fourth-order valence-corrected chi connectivity index (χ4v) is 11.9. The molecule has 0 N–H and O–H groups in total. The van der Waals surface area contributed by atoms with E-state index in [0.717, 1.165) is 0 Å². The van der Waals surface area contributed by atoms with Gasteiger partial charge in [0.25, 0.3) is 0 Å². The van der Waals surface area contributed by atoms with E-state index in [0.29, 0.717) is 0 Å². The van der Waals surface area contributed by atoms with Gasteiger partial charge in [-0.3, -0.25) is 0 Å². The van der Waals surface area contributed by atoms with Gasteiger partial charge >= 0.3 is 0 Å². The van der Waals surface area contributed by atoms with Crippen LogP contribution in [0.1, 0.15) is 22.6 Å². The smallest absolute Gasteiger partial charge is 0.171 e. The first-order valence-corrected chi connectivity index (χ1v) is 18.4. The van der Waals surface area contributed by atoms with Crippen LogP contribution in [0.25, 0.3) is 38.6 Å². The summed E-state index contributed by atoms with van der Waals surface area (Å²) in [7, 11) is -2.56. The van der Waals surface area contributed by atoms with Gasteiger partial charge in [0.1, 0.15) is 0 Å². The minimum atomic E-state index is -2.56. The highest BCUT2D eigenvalue weighted by atomic mass is 28.3. The number of benzene rings is 7. The zero-order chi connectivity index (χ0) is 31.4. The Morgan fingerprint density at radius 3 is 1.45 bits per heavy atom. The molecule has 0 radical (unpaired) electrons. The van der Waals surface area contributed by atoms with Crippen molar-refractivity contribution in [3.63, 3.8) is 0 Å². The molecule has 0 aliphatic heterocycles. The molecule has 0 spiro atoms. The van der Waals surface area contributed by atoms with Crippen molar-refractivity contribution in [2.45, 2.75) is 5.92 Å². The summed E-state index contributed by atoms with van der Waals surface area (Å²) in [5, 5.41) is 6.56. The number of aromatic nitrogens is 1. The molecule has 7 aromatic carbocycles. The fraction of sp³-hybridized carbons (Fsp3) is 0.0222. The number of nitrogens with zero attached hydrogens (tertiary/aromatic N) is 1. The molecule has 1 aliphatic rings. The van der Waals surface area contributed by atoms with Crippen LogP contribution in [0.5, 0.6) is 0 Å². The van der Waals surface area contributed by atoms with Gasteiger partial charge in [-0.15, -0.1) is 6.58 Å². The largest absolute Gasteiger partial charge is 0.309 e. The third-order valence-corrected chi connectivity index (χ3v) is 14.6. The lowest BCUT2D eigenvalue weighted by molar-refractivity contribution is 1.02. The molecule has 0 fully saturated rings. The van der Waals surface area contributed by atoms with Crippen molar-refractivity contribution < 1.29 is 0 Å². The van der Waals surface area contributed by atoms with Crippen LogP contribution < -0.4 is 15.6 Å². The second-order valence-electron chi connectivity index (χ2n) is 12.5. The molecule has 47 heavy (non-hydrogen) atoms. The first kappa shape index (κ1) is 27.6. The lowest BCUT2D eigenvalue weighted by atomic mass is 9.89. The molecule has 2 heteroatoms. The minimum Gasteiger partial charge on any atom is -0.309 e. The maximum Gasteiger partial charge on any atom is 0.171 e. The van der Waals surface area contributed by atoms with Gasteiger partial charge in [0.2, 0.25) is 0 Å². The van der Waals surface area contributed by atoms with E-state index in [1.54, 1.807) is 0 Å². The van der Waals surface area contributed by atoms with E-state index >= 15 is 0 Å². The number of rotatable bonds is 6. The highest BCUT2D eigenvalue weighted by Crippen LogP contribution is 2.47. The third kappa shape index (κ3) is 4.15. The van der Waals surface area contributed by atoms with Crippen molar-refractivity contribution in [2.75, 3.05) is 0 Å². The summed E-state index contributed by atoms with van der Waals surface area (Å²) in [6.07, 6.45) is 0. The molecule has 1 heterocycles. The van der Waals surface area contributed by atoms with Gasteiger partial charge in [-0.25, -0.2) is 0 Å². The second-order valence-corrected chi connectivity index (χ2v) is 16.3. The Hall–Kier alpha value is -5.70. The van der Waals surface area contributed by atoms with Crippen LogP contribution in [0.2, 0.25) is 0 Å². The molecule has 1 atom stereocenters. The van der Waals surface area contributed by atoms with Crippen LogP contribution in [0.15, 0.2) is 188 Å². The quantitative estimate of drug-likeness (QED) is 0.130. The van der Waals surface area contributed by atoms with E-state index < -0.39 is 8.07 Å². The fourth-order valence-electron chi connectivity index (χ4n) is 8.08. The summed E-state index contributed by atoms with van der Waals surface area (Å²) in [5.41, 5.74) is 12.7. The zero-order valence-electron chi connectivity index (χ0n) is 26.1. The van der Waals surface area contributed by atoms with Crippen molar-refractivity contribution in [3.8, 4) is 16.8 Å². The average molecular weight is 616 g/mol. The predicted molar refractivity (Wildman–Crippen MR) is 201 cm³/mol. The van der Waals surface area contributed by atoms with Gasteiger partial charge in [-0.2, -0.15) is 0 Å². The van der Waals surface area contributed by atoms with E-state index in [4.69, 9.17) is 0 Å². The molecule has 8 aromatic rings. The van der Waals surface area contributed by atoms with Gasteiger partial charge in [-0.1, -0.05) is 157 Å². The van der Waals surface area contributed by atoms with Crippen molar-refractivity contribution in [1.82, 2.24) is 4.57 Å². The Morgan fingerprint density at radius 2 is 0.894 bits per heavy atom. The molecule has 0 saturated heterocycles. The molecule has 0 saturated carbocycles. The van der Waals surface area contributed by atoms with Crippen LogP contribution in [0.4, 0.5) is 0 Å². The van der Waals surface area contributed by atoms with Gasteiger partial charge in [-0.05, 0) is 67.6 Å². The van der Waals surface area contributed by atoms with E-state index in [2.05, 4.69) is 193 Å². The van der Waals surface area contributed by atoms with Crippen molar-refractivity contribution in [3.05, 3.63) is 205 Å². The monoisotopic (exact) mass is 615 g/mol. The standard InChI is InChI=1S/C45H33NSi/c1-2-47(34-14-4-3-5-15-34,35-28-24-32(25-29-35)45-41-20-8-6-16-37(41)38-17-7-9-21-42(38)45)36-30-26-33(27-31-36)46-43-22-12-10-18-39(43)40-19-11-13-23-44(40)46/h2-31,45H,1H2. The lowest BCUT2D eigenvalue weighted by Gasteiger charge is -2.31. The molecule has 222 valence electrons. The summed E-state index contributed by atoms with van der Waals surface area (Å²) in [6, 6.07) is 64.9. The van der Waals surface area contributed by atoms with Gasteiger partial charge < -0.3 is 4.57 Å². The van der Waals surface area contributed by atoms with E-state index in [1.807, 2.05) is 0 Å². The predicted octanol–water partition coefficient (Wildman–Crippen LogP) is 9.14. The highest BCUT2D eigenvalue weighted by molar-refractivity contribution is 7.14. The first-order chi connectivity index (χ1) is 23.3. The number of para-hydroxylation sites is 2. The summed E-state index contributed by atoms with van der Waals surface area (Å²) in [6.45, 7) is 4.53. The van der Waals surface area contributed by atoms with E-state index in [9.17, 15) is 0 Å². The lowest BCUT2D eigenvalue weighted by Crippen LogP contribution is -2.65. The van der Waals surface area contributed by atoms with Crippen LogP contribution in [0, 0.1) is 0 Å². The summed E-state index contributed by atoms with van der Waals surface area (Å²) >= 11 is 0. The molecule has 1 nitrogen and oxygen atoms in total. The summed E-state index contributed by atoms with van der Waals surface area (Å²) in [4.78, 5) is 0. The van der Waals surface area contributed by atoms with Crippen LogP contribution >= 0.6 is 0 Å². The number of fused-ring (bicyclic) bond motifs is 6. The second kappa shape index (κ2) is 11.0. The van der Waals surface area contributed by atoms with Crippen LogP contribution in [-0.4, -0.2) is 12.6 Å². The number of hydrogen-bond acceptors (Lipinski definition) is 0. The molecule has 0 amide bonds. The molecule has 9 rings (SSSR count). The van der Waals surface area contributed by atoms with Gasteiger partial charge in [0.15, 0.2) is 8.07 Å². The molecule has 1 aromatic heterocycles. The summed E-state index contributed by atoms with van der Waals surface area (Å²) in [5.74, 6) is 0.235. The maximum atomic E-state index is 4.53. The number of hydrogen-bond donors (Lipinski definition) is 0. The summed E-state index contributed by atoms with van der Waals surface area (Å²) < 4.78 is 2.39.